The fourth-order valence-corrected chi connectivity index (χ4v) is 5.70. The molecular weight excluding hydrogens is 554 g/mol. The molecule has 5 rings (SSSR count). The van der Waals surface area contributed by atoms with Crippen LogP contribution in [0, 0.1) is 0 Å². The number of rotatable bonds is 7. The molecule has 3 aromatic rings. The van der Waals surface area contributed by atoms with Gasteiger partial charge in [-0.15, -0.1) is 0 Å². The van der Waals surface area contributed by atoms with Crippen LogP contribution in [0.25, 0.3) is 10.9 Å². The van der Waals surface area contributed by atoms with Crippen LogP contribution in [0.2, 0.25) is 0 Å². The van der Waals surface area contributed by atoms with Crippen molar-refractivity contribution in [2.75, 3.05) is 25.1 Å². The van der Waals surface area contributed by atoms with Crippen LogP contribution in [0.4, 0.5) is 15.3 Å². The first kappa shape index (κ1) is 29.6. The Bertz CT molecular complexity index is 1550. The molecular formula is C31H35N5O7. The van der Waals surface area contributed by atoms with Gasteiger partial charge in [-0.1, -0.05) is 36.4 Å². The molecule has 2 fully saturated rings. The molecule has 226 valence electrons. The third-order valence-electron chi connectivity index (χ3n) is 7.57. The fourth-order valence-electron chi connectivity index (χ4n) is 5.70. The van der Waals surface area contributed by atoms with E-state index in [9.17, 15) is 24.0 Å². The van der Waals surface area contributed by atoms with Gasteiger partial charge in [0.15, 0.2) is 0 Å². The second-order valence-corrected chi connectivity index (χ2v) is 11.7. The van der Waals surface area contributed by atoms with Crippen molar-refractivity contribution >= 4 is 46.5 Å². The number of imide groups is 1. The van der Waals surface area contributed by atoms with E-state index in [1.54, 1.807) is 51.1 Å². The summed E-state index contributed by atoms with van der Waals surface area (Å²) in [6, 6.07) is 12.7. The van der Waals surface area contributed by atoms with Crippen LogP contribution in [0.1, 0.15) is 32.8 Å². The van der Waals surface area contributed by atoms with Crippen molar-refractivity contribution in [2.24, 2.45) is 0 Å². The topological polar surface area (TPSA) is 141 Å². The number of alkyl carbamates (subject to hydrolysis) is 1. The van der Waals surface area contributed by atoms with Gasteiger partial charge in [-0.3, -0.25) is 14.4 Å². The molecule has 2 aromatic carbocycles. The first-order valence-corrected chi connectivity index (χ1v) is 14.1. The zero-order valence-corrected chi connectivity index (χ0v) is 24.5. The average Bonchev–Trinajstić information content (AvgIpc) is 3.36. The Kier molecular flexibility index (Phi) is 8.12. The molecule has 12 heteroatoms. The molecule has 2 N–H and O–H groups in total. The molecule has 3 atom stereocenters. The summed E-state index contributed by atoms with van der Waals surface area (Å²) in [5.41, 5.74) is 1.33. The number of anilines is 1. The summed E-state index contributed by atoms with van der Waals surface area (Å²) in [4.78, 5) is 73.6. The van der Waals surface area contributed by atoms with Crippen LogP contribution in [-0.2, 0) is 30.3 Å². The van der Waals surface area contributed by atoms with E-state index in [-0.39, 0.29) is 25.9 Å². The fraction of sp³-hybridized carbons (Fsp3) is 0.387. The molecule has 0 bridgehead atoms. The number of urea groups is 1. The second-order valence-electron chi connectivity index (χ2n) is 11.7. The molecule has 1 aromatic heterocycles. The average molecular weight is 590 g/mol. The lowest BCUT2D eigenvalue weighted by molar-refractivity contribution is -0.154. The van der Waals surface area contributed by atoms with Gasteiger partial charge in [-0.2, -0.15) is 0 Å². The zero-order chi connectivity index (χ0) is 30.9. The van der Waals surface area contributed by atoms with Crippen LogP contribution >= 0.6 is 0 Å². The van der Waals surface area contributed by atoms with Crippen LogP contribution < -0.4 is 10.2 Å². The summed E-state index contributed by atoms with van der Waals surface area (Å²) in [5, 5.41) is 3.87. The summed E-state index contributed by atoms with van der Waals surface area (Å²) < 4.78 is 10.4. The van der Waals surface area contributed by atoms with Crippen LogP contribution in [0.15, 0.2) is 60.8 Å². The Morgan fingerprint density at radius 1 is 1.05 bits per heavy atom. The number of ether oxygens (including phenoxy) is 2. The molecule has 43 heavy (non-hydrogen) atoms. The lowest BCUT2D eigenvalue weighted by atomic mass is 9.91. The highest BCUT2D eigenvalue weighted by Crippen LogP contribution is 2.32. The van der Waals surface area contributed by atoms with E-state index in [4.69, 9.17) is 9.47 Å². The minimum absolute atomic E-state index is 0.0875. The molecule has 0 spiro atoms. The number of benzene rings is 2. The molecule has 12 nitrogen and oxygen atoms in total. The zero-order valence-electron chi connectivity index (χ0n) is 24.5. The smallest absolute Gasteiger partial charge is 0.407 e. The largest absolute Gasteiger partial charge is 0.468 e. The maximum absolute atomic E-state index is 14.2. The monoisotopic (exact) mass is 589 g/mol. The summed E-state index contributed by atoms with van der Waals surface area (Å²) in [5.74, 6) is -1.73. The maximum atomic E-state index is 14.2. The number of carbonyl (C=O) groups is 5. The van der Waals surface area contributed by atoms with Gasteiger partial charge in [0.2, 0.25) is 11.8 Å². The highest BCUT2D eigenvalue weighted by atomic mass is 16.6. The van der Waals surface area contributed by atoms with E-state index >= 15 is 0 Å². The third kappa shape index (κ3) is 6.18. The van der Waals surface area contributed by atoms with Gasteiger partial charge in [0, 0.05) is 23.6 Å². The predicted molar refractivity (Wildman–Crippen MR) is 157 cm³/mol. The highest BCUT2D eigenvalue weighted by Gasteiger charge is 2.53. The minimum Gasteiger partial charge on any atom is -0.468 e. The predicted octanol–water partition coefficient (Wildman–Crippen LogP) is 3.22. The Hall–Kier alpha value is -4.87. The number of aromatic amines is 1. The number of piperazine rings is 1. The number of esters is 1. The first-order valence-electron chi connectivity index (χ1n) is 14.1. The third-order valence-corrected chi connectivity index (χ3v) is 7.57. The number of H-pyrrole nitrogens is 1. The molecule has 2 saturated heterocycles. The van der Waals surface area contributed by atoms with Crippen LogP contribution in [0.5, 0.6) is 0 Å². The van der Waals surface area contributed by atoms with Crippen molar-refractivity contribution in [3.8, 4) is 0 Å². The maximum Gasteiger partial charge on any atom is 0.407 e. The number of para-hydroxylation sites is 2. The van der Waals surface area contributed by atoms with Gasteiger partial charge >= 0.3 is 18.1 Å². The molecule has 0 unspecified atom stereocenters. The summed E-state index contributed by atoms with van der Waals surface area (Å²) in [7, 11) is 1.22. The first-order chi connectivity index (χ1) is 20.5. The van der Waals surface area contributed by atoms with Crippen molar-refractivity contribution < 1.29 is 33.4 Å². The second kappa shape index (κ2) is 11.8. The van der Waals surface area contributed by atoms with Crippen LogP contribution in [0.3, 0.4) is 0 Å². The van der Waals surface area contributed by atoms with Gasteiger partial charge in [0.1, 0.15) is 18.2 Å². The molecule has 5 amide bonds. The summed E-state index contributed by atoms with van der Waals surface area (Å²) >= 11 is 0. The number of hydrogen-bond donors (Lipinski definition) is 2. The van der Waals surface area contributed by atoms with Crippen molar-refractivity contribution in [3.63, 3.8) is 0 Å². The highest BCUT2D eigenvalue weighted by molar-refractivity contribution is 6.18. The van der Waals surface area contributed by atoms with Gasteiger partial charge in [0.05, 0.1) is 31.3 Å². The number of aromatic nitrogens is 1. The van der Waals surface area contributed by atoms with E-state index in [1.165, 1.54) is 16.9 Å². The van der Waals surface area contributed by atoms with Crippen molar-refractivity contribution in [2.45, 2.75) is 57.3 Å². The summed E-state index contributed by atoms with van der Waals surface area (Å²) in [6.45, 7) is 4.77. The van der Waals surface area contributed by atoms with Crippen molar-refractivity contribution in [3.05, 3.63) is 66.4 Å². The molecule has 2 aliphatic heterocycles. The standard InChI is InChI=1S/C31H35N5O7/c1-31(2,3)43-29(40)33-23(14-19-16-32-22-13-9-8-12-21(19)22)25-17-34(18-27(38)42-4)28(39)24-15-26(37)35(30(41)36(24)25)20-10-6-5-7-11-20/h5-13,16,23-25,32H,14-15,17-18H2,1-4H3,(H,33,40)/t23-,24+,25-/m1/s1. The number of carbonyl (C=O) groups excluding carboxylic acids is 5. The Labute approximate surface area is 248 Å². The molecule has 0 saturated carbocycles. The number of hydrogen-bond acceptors (Lipinski definition) is 7. The van der Waals surface area contributed by atoms with Gasteiger partial charge in [-0.25, -0.2) is 14.5 Å². The lowest BCUT2D eigenvalue weighted by Gasteiger charge is -2.51. The number of nitrogens with one attached hydrogen (secondary N) is 2. The minimum atomic E-state index is -1.17. The number of methoxy groups -OCH3 is 1. The quantitative estimate of drug-likeness (QED) is 0.403. The van der Waals surface area contributed by atoms with E-state index in [0.717, 1.165) is 21.4 Å². The van der Waals surface area contributed by atoms with Crippen molar-refractivity contribution in [1.29, 1.82) is 0 Å². The van der Waals surface area contributed by atoms with E-state index in [0.29, 0.717) is 5.69 Å². The molecule has 0 radical (unpaired) electrons. The molecule has 0 aliphatic carbocycles. The number of amides is 5. The Morgan fingerprint density at radius 2 is 1.74 bits per heavy atom. The SMILES string of the molecule is COC(=O)CN1C[C@H]([C@@H](Cc2c[nH]c3ccccc23)NC(=O)OC(C)(C)C)N2C(=O)N(c3ccccc3)C(=O)C[C@H]2C1=O. The van der Waals surface area contributed by atoms with E-state index in [1.807, 2.05) is 30.5 Å². The number of fused-ring (bicyclic) bond motifs is 2. The van der Waals surface area contributed by atoms with Crippen LogP contribution in [-0.4, -0.2) is 88.6 Å². The van der Waals surface area contributed by atoms with Crippen molar-refractivity contribution in [1.82, 2.24) is 20.1 Å². The van der Waals surface area contributed by atoms with Gasteiger partial charge < -0.3 is 29.6 Å². The van der Waals surface area contributed by atoms with Gasteiger partial charge in [0.25, 0.3) is 0 Å². The summed E-state index contributed by atoms with van der Waals surface area (Å²) in [6.07, 6.45) is 1.10. The normalized spacial score (nSPS) is 19.7. The van der Waals surface area contributed by atoms with E-state index < -0.39 is 53.6 Å². The number of nitrogens with zero attached hydrogens (tertiary/aromatic N) is 3. The molecule has 3 heterocycles. The van der Waals surface area contributed by atoms with Gasteiger partial charge in [-0.05, 0) is 51.0 Å². The molecule has 2 aliphatic rings. The Morgan fingerprint density at radius 3 is 2.44 bits per heavy atom. The lowest BCUT2D eigenvalue weighted by Crippen LogP contribution is -2.74. The van der Waals surface area contributed by atoms with E-state index in [2.05, 4.69) is 10.3 Å². The Balaban J connectivity index is 1.58.